The molecule has 2 aromatic carbocycles. The highest BCUT2D eigenvalue weighted by molar-refractivity contribution is 6.01. The highest BCUT2D eigenvalue weighted by atomic mass is 16.5. The van der Waals surface area contributed by atoms with E-state index in [2.05, 4.69) is 10.3 Å². The maximum Gasteiger partial charge on any atom is 0.134 e. The quantitative estimate of drug-likeness (QED) is 0.719. The van der Waals surface area contributed by atoms with E-state index in [0.29, 0.717) is 6.54 Å². The standard InChI is InChI=1S/C18H19N3O/c1-12-10-20-18(15-4-3-5-16(19)17(12)15)21-11-13-6-8-14(22-2)9-7-13/h3-10H,11,19H2,1-2H3,(H,20,21). The van der Waals surface area contributed by atoms with Crippen LogP contribution in [0.4, 0.5) is 11.5 Å². The molecule has 0 aliphatic heterocycles. The fourth-order valence-electron chi connectivity index (χ4n) is 2.57. The third-order valence-electron chi connectivity index (χ3n) is 3.75. The molecule has 0 atom stereocenters. The number of aromatic nitrogens is 1. The Hall–Kier alpha value is -2.75. The van der Waals surface area contributed by atoms with Gasteiger partial charge in [-0.1, -0.05) is 24.3 Å². The van der Waals surface area contributed by atoms with E-state index in [0.717, 1.165) is 33.6 Å². The number of pyridine rings is 1. The molecule has 4 nitrogen and oxygen atoms in total. The molecule has 1 heterocycles. The SMILES string of the molecule is COc1ccc(CNc2ncc(C)c3c(N)cccc23)cc1. The first kappa shape index (κ1) is 14.2. The number of ether oxygens (including phenoxy) is 1. The van der Waals surface area contributed by atoms with Crippen molar-refractivity contribution in [1.82, 2.24) is 4.98 Å². The van der Waals surface area contributed by atoms with Crippen molar-refractivity contribution in [2.24, 2.45) is 0 Å². The van der Waals surface area contributed by atoms with Crippen molar-refractivity contribution >= 4 is 22.3 Å². The highest BCUT2D eigenvalue weighted by Gasteiger charge is 2.07. The molecule has 0 unspecified atom stereocenters. The first-order valence-corrected chi connectivity index (χ1v) is 7.19. The molecule has 1 aromatic heterocycles. The van der Waals surface area contributed by atoms with Crippen LogP contribution in [-0.2, 0) is 6.54 Å². The van der Waals surface area contributed by atoms with Crippen LogP contribution in [0.5, 0.6) is 5.75 Å². The Morgan fingerprint density at radius 1 is 1.14 bits per heavy atom. The maximum absolute atomic E-state index is 6.10. The van der Waals surface area contributed by atoms with E-state index < -0.39 is 0 Å². The lowest BCUT2D eigenvalue weighted by Gasteiger charge is -2.12. The van der Waals surface area contributed by atoms with Crippen LogP contribution in [0.25, 0.3) is 10.8 Å². The number of hydrogen-bond acceptors (Lipinski definition) is 4. The molecule has 112 valence electrons. The van der Waals surface area contributed by atoms with Crippen LogP contribution in [0.1, 0.15) is 11.1 Å². The minimum atomic E-state index is 0.698. The number of nitrogen functional groups attached to an aromatic ring is 1. The summed E-state index contributed by atoms with van der Waals surface area (Å²) >= 11 is 0. The van der Waals surface area contributed by atoms with Gasteiger partial charge in [-0.15, -0.1) is 0 Å². The molecule has 3 rings (SSSR count). The van der Waals surface area contributed by atoms with Gasteiger partial charge in [-0.3, -0.25) is 0 Å². The smallest absolute Gasteiger partial charge is 0.134 e. The normalized spacial score (nSPS) is 10.6. The van der Waals surface area contributed by atoms with Crippen LogP contribution >= 0.6 is 0 Å². The Labute approximate surface area is 129 Å². The van der Waals surface area contributed by atoms with Gasteiger partial charge in [0.15, 0.2) is 0 Å². The molecular weight excluding hydrogens is 274 g/mol. The molecule has 0 radical (unpaired) electrons. The van der Waals surface area contributed by atoms with E-state index in [-0.39, 0.29) is 0 Å². The Balaban J connectivity index is 1.87. The summed E-state index contributed by atoms with van der Waals surface area (Å²) in [5.41, 5.74) is 9.13. The molecule has 3 aromatic rings. The van der Waals surface area contributed by atoms with Crippen LogP contribution < -0.4 is 15.8 Å². The fraction of sp³-hybridized carbons (Fsp3) is 0.167. The van der Waals surface area contributed by atoms with Gasteiger partial charge in [-0.25, -0.2) is 4.98 Å². The monoisotopic (exact) mass is 293 g/mol. The molecule has 0 spiro atoms. The van der Waals surface area contributed by atoms with E-state index >= 15 is 0 Å². The highest BCUT2D eigenvalue weighted by Crippen LogP contribution is 2.29. The summed E-state index contributed by atoms with van der Waals surface area (Å²) < 4.78 is 5.17. The summed E-state index contributed by atoms with van der Waals surface area (Å²) in [4.78, 5) is 4.50. The third kappa shape index (κ3) is 2.68. The molecule has 22 heavy (non-hydrogen) atoms. The predicted octanol–water partition coefficient (Wildman–Crippen LogP) is 3.75. The first-order chi connectivity index (χ1) is 10.7. The lowest BCUT2D eigenvalue weighted by Crippen LogP contribution is -2.03. The van der Waals surface area contributed by atoms with Gasteiger partial charge in [0.05, 0.1) is 7.11 Å². The average Bonchev–Trinajstić information content (AvgIpc) is 2.55. The molecule has 4 heteroatoms. The predicted molar refractivity (Wildman–Crippen MR) is 91.2 cm³/mol. The number of methoxy groups -OCH3 is 1. The number of nitrogens with zero attached hydrogens (tertiary/aromatic N) is 1. The molecule has 0 aliphatic rings. The minimum Gasteiger partial charge on any atom is -0.497 e. The largest absolute Gasteiger partial charge is 0.497 e. The lowest BCUT2D eigenvalue weighted by molar-refractivity contribution is 0.414. The van der Waals surface area contributed by atoms with Crippen LogP contribution in [0.2, 0.25) is 0 Å². The number of hydrogen-bond donors (Lipinski definition) is 2. The van der Waals surface area contributed by atoms with E-state index in [1.165, 1.54) is 5.56 Å². The summed E-state index contributed by atoms with van der Waals surface area (Å²) in [5, 5.41) is 5.50. The van der Waals surface area contributed by atoms with Crippen LogP contribution in [-0.4, -0.2) is 12.1 Å². The zero-order chi connectivity index (χ0) is 15.5. The zero-order valence-electron chi connectivity index (χ0n) is 12.8. The minimum absolute atomic E-state index is 0.698. The third-order valence-corrected chi connectivity index (χ3v) is 3.75. The van der Waals surface area contributed by atoms with Gasteiger partial charge in [0.2, 0.25) is 0 Å². The van der Waals surface area contributed by atoms with Crippen molar-refractivity contribution in [1.29, 1.82) is 0 Å². The van der Waals surface area contributed by atoms with Crippen molar-refractivity contribution in [3.05, 3.63) is 59.8 Å². The molecular formula is C18H19N3O. The van der Waals surface area contributed by atoms with Gasteiger partial charge in [0.1, 0.15) is 11.6 Å². The molecule has 0 fully saturated rings. The van der Waals surface area contributed by atoms with E-state index in [1.807, 2.05) is 55.6 Å². The molecule has 0 amide bonds. The number of nitrogens with one attached hydrogen (secondary N) is 1. The van der Waals surface area contributed by atoms with Crippen LogP contribution in [0.3, 0.4) is 0 Å². The Kier molecular flexibility index (Phi) is 3.83. The van der Waals surface area contributed by atoms with Gasteiger partial charge in [-0.2, -0.15) is 0 Å². The Morgan fingerprint density at radius 3 is 2.64 bits per heavy atom. The second-order valence-corrected chi connectivity index (χ2v) is 5.26. The number of benzene rings is 2. The van der Waals surface area contributed by atoms with Crippen molar-refractivity contribution < 1.29 is 4.74 Å². The van der Waals surface area contributed by atoms with E-state index in [1.54, 1.807) is 7.11 Å². The summed E-state index contributed by atoms with van der Waals surface area (Å²) in [5.74, 6) is 1.71. The summed E-state index contributed by atoms with van der Waals surface area (Å²) in [6, 6.07) is 13.9. The molecule has 3 N–H and O–H groups in total. The Morgan fingerprint density at radius 2 is 1.91 bits per heavy atom. The number of nitrogens with two attached hydrogens (primary N) is 1. The topological polar surface area (TPSA) is 60.2 Å². The number of rotatable bonds is 4. The van der Waals surface area contributed by atoms with Gasteiger partial charge >= 0.3 is 0 Å². The van der Waals surface area contributed by atoms with Gasteiger partial charge < -0.3 is 15.8 Å². The molecule has 0 saturated carbocycles. The molecule has 0 aliphatic carbocycles. The fourth-order valence-corrected chi connectivity index (χ4v) is 2.57. The number of anilines is 2. The van der Waals surface area contributed by atoms with Crippen molar-refractivity contribution in [2.75, 3.05) is 18.2 Å². The summed E-state index contributed by atoms with van der Waals surface area (Å²) in [6.45, 7) is 2.73. The summed E-state index contributed by atoms with van der Waals surface area (Å²) in [6.07, 6.45) is 1.86. The van der Waals surface area contributed by atoms with Crippen molar-refractivity contribution in [3.63, 3.8) is 0 Å². The Bertz CT molecular complexity index is 789. The van der Waals surface area contributed by atoms with Gasteiger partial charge in [0, 0.05) is 29.2 Å². The van der Waals surface area contributed by atoms with Crippen LogP contribution in [0.15, 0.2) is 48.7 Å². The van der Waals surface area contributed by atoms with Crippen LogP contribution in [0, 0.1) is 6.92 Å². The first-order valence-electron chi connectivity index (χ1n) is 7.19. The van der Waals surface area contributed by atoms with E-state index in [4.69, 9.17) is 10.5 Å². The second kappa shape index (κ2) is 5.93. The van der Waals surface area contributed by atoms with E-state index in [9.17, 15) is 0 Å². The lowest BCUT2D eigenvalue weighted by atomic mass is 10.1. The number of fused-ring (bicyclic) bond motifs is 1. The van der Waals surface area contributed by atoms with Crippen molar-refractivity contribution in [2.45, 2.75) is 13.5 Å². The summed E-state index contributed by atoms with van der Waals surface area (Å²) in [7, 11) is 1.67. The second-order valence-electron chi connectivity index (χ2n) is 5.26. The number of aryl methyl sites for hydroxylation is 1. The van der Waals surface area contributed by atoms with Gasteiger partial charge in [-0.05, 0) is 36.2 Å². The molecule has 0 bridgehead atoms. The average molecular weight is 293 g/mol. The maximum atomic E-state index is 6.10. The molecule has 0 saturated heterocycles. The van der Waals surface area contributed by atoms with Crippen molar-refractivity contribution in [3.8, 4) is 5.75 Å². The van der Waals surface area contributed by atoms with Gasteiger partial charge in [0.25, 0.3) is 0 Å². The zero-order valence-corrected chi connectivity index (χ0v) is 12.8.